The van der Waals surface area contributed by atoms with Gasteiger partial charge >= 0.3 is 10.3 Å². The topological polar surface area (TPSA) is 55.4 Å². The van der Waals surface area contributed by atoms with Crippen LogP contribution >= 0.6 is 0 Å². The molecule has 1 saturated heterocycles. The smallest absolute Gasteiger partial charge is 0.255 e. The van der Waals surface area contributed by atoms with Crippen LogP contribution in [-0.4, -0.2) is 15.0 Å². The second-order valence-corrected chi connectivity index (χ2v) is 5.94. The van der Waals surface area contributed by atoms with Crippen molar-refractivity contribution >= 4 is 10.3 Å². The fraction of sp³-hybridized carbons (Fsp3) is 0.143. The molecule has 0 aromatic heterocycles. The molecule has 0 saturated carbocycles. The first-order valence-corrected chi connectivity index (χ1v) is 7.43. The van der Waals surface area contributed by atoms with Crippen LogP contribution in [0.1, 0.15) is 11.1 Å². The minimum absolute atomic E-state index is 0.0645. The van der Waals surface area contributed by atoms with Gasteiger partial charge in [0, 0.05) is 0 Å². The van der Waals surface area contributed by atoms with Crippen molar-refractivity contribution in [1.82, 2.24) is 4.72 Å². The van der Waals surface area contributed by atoms with E-state index >= 15 is 0 Å². The van der Waals surface area contributed by atoms with Gasteiger partial charge in [-0.15, -0.1) is 0 Å². The summed E-state index contributed by atoms with van der Waals surface area (Å²) in [6.07, 6.45) is 0. The van der Waals surface area contributed by atoms with E-state index < -0.39 is 15.8 Å². The van der Waals surface area contributed by atoms with Crippen LogP contribution in [0, 0.1) is 5.82 Å². The zero-order chi connectivity index (χ0) is 14.2. The summed E-state index contributed by atoms with van der Waals surface area (Å²) in [5.74, 6) is -0.376. The lowest BCUT2D eigenvalue weighted by molar-refractivity contribution is 0.300. The molecule has 3 rings (SSSR count). The summed E-state index contributed by atoms with van der Waals surface area (Å²) >= 11 is 0. The van der Waals surface area contributed by atoms with Gasteiger partial charge in [0.25, 0.3) is 0 Å². The normalized spacial score (nSPS) is 24.6. The highest BCUT2D eigenvalue weighted by Gasteiger charge is 2.45. The van der Waals surface area contributed by atoms with Crippen molar-refractivity contribution in [2.45, 2.75) is 5.54 Å². The zero-order valence-corrected chi connectivity index (χ0v) is 11.2. The van der Waals surface area contributed by atoms with Gasteiger partial charge in [0.05, 0.1) is 6.61 Å². The summed E-state index contributed by atoms with van der Waals surface area (Å²) in [4.78, 5) is 0. The fourth-order valence-electron chi connectivity index (χ4n) is 2.35. The average Bonchev–Trinajstić information content (AvgIpc) is 2.78. The fourth-order valence-corrected chi connectivity index (χ4v) is 3.46. The molecule has 2 aromatic rings. The Bertz CT molecular complexity index is 716. The van der Waals surface area contributed by atoms with E-state index in [-0.39, 0.29) is 12.4 Å². The zero-order valence-electron chi connectivity index (χ0n) is 10.4. The molecule has 4 nitrogen and oxygen atoms in total. The van der Waals surface area contributed by atoms with E-state index in [0.29, 0.717) is 5.56 Å². The lowest BCUT2D eigenvalue weighted by atomic mass is 9.84. The SMILES string of the molecule is O=S1(=O)NC(c2ccccc2)(c2ccc(F)cc2)CO1. The Hall–Kier alpha value is -1.76. The van der Waals surface area contributed by atoms with Crippen LogP contribution in [0.15, 0.2) is 54.6 Å². The maximum Gasteiger partial charge on any atom is 0.337 e. The highest BCUT2D eigenvalue weighted by atomic mass is 32.2. The van der Waals surface area contributed by atoms with Gasteiger partial charge in [0.1, 0.15) is 11.4 Å². The van der Waals surface area contributed by atoms with Crippen molar-refractivity contribution < 1.29 is 17.0 Å². The van der Waals surface area contributed by atoms with Crippen molar-refractivity contribution in [3.63, 3.8) is 0 Å². The average molecular weight is 293 g/mol. The third-order valence-corrected chi connectivity index (χ3v) is 4.36. The van der Waals surface area contributed by atoms with Crippen molar-refractivity contribution in [3.8, 4) is 0 Å². The Labute approximate surface area is 116 Å². The van der Waals surface area contributed by atoms with Crippen molar-refractivity contribution in [3.05, 3.63) is 71.5 Å². The number of rotatable bonds is 2. The quantitative estimate of drug-likeness (QED) is 0.920. The molecule has 2 aromatic carbocycles. The van der Waals surface area contributed by atoms with E-state index in [0.717, 1.165) is 5.56 Å². The van der Waals surface area contributed by atoms with Crippen molar-refractivity contribution in [2.75, 3.05) is 6.61 Å². The van der Waals surface area contributed by atoms with Crippen LogP contribution in [-0.2, 0) is 20.0 Å². The minimum atomic E-state index is -3.80. The van der Waals surface area contributed by atoms with Crippen molar-refractivity contribution in [2.24, 2.45) is 0 Å². The van der Waals surface area contributed by atoms with Gasteiger partial charge in [-0.2, -0.15) is 13.1 Å². The van der Waals surface area contributed by atoms with Crippen LogP contribution in [0.4, 0.5) is 4.39 Å². The molecule has 0 radical (unpaired) electrons. The maximum absolute atomic E-state index is 13.1. The molecule has 1 atom stereocenters. The number of halogens is 1. The van der Waals surface area contributed by atoms with E-state index in [9.17, 15) is 12.8 Å². The second-order valence-electron chi connectivity index (χ2n) is 4.60. The molecule has 1 N–H and O–H groups in total. The monoisotopic (exact) mass is 293 g/mol. The number of benzene rings is 2. The third kappa shape index (κ3) is 2.22. The largest absolute Gasteiger partial charge is 0.337 e. The molecule has 0 aliphatic carbocycles. The van der Waals surface area contributed by atoms with Gasteiger partial charge in [-0.1, -0.05) is 42.5 Å². The third-order valence-electron chi connectivity index (χ3n) is 3.33. The Morgan fingerprint density at radius 3 is 2.15 bits per heavy atom. The van der Waals surface area contributed by atoms with Crippen molar-refractivity contribution in [1.29, 1.82) is 0 Å². The molecule has 0 amide bonds. The molecule has 1 heterocycles. The number of hydrogen-bond acceptors (Lipinski definition) is 3. The maximum atomic E-state index is 13.1. The van der Waals surface area contributed by atoms with Gasteiger partial charge in [0.15, 0.2) is 0 Å². The Morgan fingerprint density at radius 1 is 1.00 bits per heavy atom. The summed E-state index contributed by atoms with van der Waals surface area (Å²) in [5, 5.41) is 0. The van der Waals surface area contributed by atoms with Gasteiger partial charge in [-0.3, -0.25) is 4.18 Å². The molecule has 6 heteroatoms. The Morgan fingerprint density at radius 2 is 1.60 bits per heavy atom. The first kappa shape index (κ1) is 13.2. The van der Waals surface area contributed by atoms with Crippen LogP contribution in [0.2, 0.25) is 0 Å². The van der Waals surface area contributed by atoms with Gasteiger partial charge in [-0.05, 0) is 23.3 Å². The first-order chi connectivity index (χ1) is 9.52. The number of hydrogen-bond donors (Lipinski definition) is 1. The van der Waals surface area contributed by atoms with Crippen LogP contribution in [0.25, 0.3) is 0 Å². The molecule has 104 valence electrons. The molecule has 1 aliphatic rings. The second kappa shape index (κ2) is 4.66. The van der Waals surface area contributed by atoms with Crippen LogP contribution in [0.3, 0.4) is 0 Å². The highest BCUT2D eigenvalue weighted by Crippen LogP contribution is 2.35. The van der Waals surface area contributed by atoms with Gasteiger partial charge < -0.3 is 0 Å². The lowest BCUT2D eigenvalue weighted by Crippen LogP contribution is -2.41. The molecule has 1 unspecified atom stereocenters. The molecule has 0 spiro atoms. The van der Waals surface area contributed by atoms with Gasteiger partial charge in [-0.25, -0.2) is 4.39 Å². The number of nitrogens with one attached hydrogen (secondary N) is 1. The Kier molecular flexibility index (Phi) is 3.08. The predicted octanol–water partition coefficient (Wildman–Crippen LogP) is 1.93. The Balaban J connectivity index is 2.17. The molecular formula is C14H12FNO3S. The van der Waals surface area contributed by atoms with E-state index in [1.54, 1.807) is 24.3 Å². The molecule has 0 bridgehead atoms. The summed E-state index contributed by atoms with van der Waals surface area (Å²) in [6.45, 7) is -0.0645. The molecule has 20 heavy (non-hydrogen) atoms. The van der Waals surface area contributed by atoms with E-state index in [1.165, 1.54) is 12.1 Å². The summed E-state index contributed by atoms with van der Waals surface area (Å²) in [7, 11) is -3.80. The summed E-state index contributed by atoms with van der Waals surface area (Å²) < 4.78 is 43.8. The van der Waals surface area contributed by atoms with E-state index in [4.69, 9.17) is 4.18 Å². The first-order valence-electron chi connectivity index (χ1n) is 6.02. The van der Waals surface area contributed by atoms with E-state index in [1.807, 2.05) is 18.2 Å². The van der Waals surface area contributed by atoms with Gasteiger partial charge in [0.2, 0.25) is 0 Å². The minimum Gasteiger partial charge on any atom is -0.255 e. The molecular weight excluding hydrogens is 281 g/mol. The lowest BCUT2D eigenvalue weighted by Gasteiger charge is -2.27. The summed E-state index contributed by atoms with van der Waals surface area (Å²) in [5.41, 5.74) is 0.354. The predicted molar refractivity (Wildman–Crippen MR) is 71.6 cm³/mol. The standard InChI is InChI=1S/C14H12FNO3S/c15-13-8-6-12(7-9-13)14(10-19-20(17,18)16-14)11-4-2-1-3-5-11/h1-9,16H,10H2. The summed E-state index contributed by atoms with van der Waals surface area (Å²) in [6, 6.07) is 14.8. The van der Waals surface area contributed by atoms with Crippen LogP contribution in [0.5, 0.6) is 0 Å². The highest BCUT2D eigenvalue weighted by molar-refractivity contribution is 7.85. The van der Waals surface area contributed by atoms with E-state index in [2.05, 4.69) is 4.72 Å². The molecule has 1 aliphatic heterocycles. The molecule has 1 fully saturated rings. The van der Waals surface area contributed by atoms with Crippen LogP contribution < -0.4 is 4.72 Å².